The number of nitrogens with zero attached hydrogens (tertiary/aromatic N) is 2. The van der Waals surface area contributed by atoms with E-state index in [2.05, 4.69) is 33.7 Å². The number of phenolic OH excluding ortho intramolecular Hbond substituents is 1. The fourth-order valence-electron chi connectivity index (χ4n) is 3.93. The molecular weight excluding hydrogens is 466 g/mol. The number of halogens is 5. The van der Waals surface area contributed by atoms with Crippen molar-refractivity contribution < 1.29 is 23.0 Å². The third kappa shape index (κ3) is 7.07. The summed E-state index contributed by atoms with van der Waals surface area (Å²) >= 11 is 0. The third-order valence-corrected chi connectivity index (χ3v) is 5.38. The Hall–Kier alpha value is -1.87. The Morgan fingerprint density at radius 1 is 1.03 bits per heavy atom. The summed E-state index contributed by atoms with van der Waals surface area (Å²) in [4.78, 5) is 4.37. The maximum Gasteiger partial charge on any atom is 0.573 e. The van der Waals surface area contributed by atoms with E-state index in [4.69, 9.17) is 0 Å². The van der Waals surface area contributed by atoms with E-state index in [1.165, 1.54) is 12.1 Å². The molecular formula is C22H30Cl2F3N3O2. The average Bonchev–Trinajstić information content (AvgIpc) is 2.71. The summed E-state index contributed by atoms with van der Waals surface area (Å²) in [6.45, 7) is 8.93. The molecule has 1 saturated heterocycles. The van der Waals surface area contributed by atoms with Gasteiger partial charge in [-0.05, 0) is 37.6 Å². The number of piperazine rings is 1. The zero-order valence-electron chi connectivity index (χ0n) is 18.1. The third-order valence-electron chi connectivity index (χ3n) is 5.38. The summed E-state index contributed by atoms with van der Waals surface area (Å²) in [6, 6.07) is 11.3. The van der Waals surface area contributed by atoms with Crippen LogP contribution in [0.15, 0.2) is 42.5 Å². The molecule has 10 heteroatoms. The van der Waals surface area contributed by atoms with Gasteiger partial charge in [-0.25, -0.2) is 0 Å². The van der Waals surface area contributed by atoms with Gasteiger partial charge in [-0.1, -0.05) is 18.2 Å². The van der Waals surface area contributed by atoms with Crippen molar-refractivity contribution in [2.75, 3.05) is 44.2 Å². The minimum atomic E-state index is -4.72. The SMILES string of the molecule is CCN(CC)c1ccc([C@H](c2ccc(OC(F)(F)F)cc2)N2CCNCC2)c(O)c1.Cl.Cl. The Morgan fingerprint density at radius 2 is 1.62 bits per heavy atom. The highest BCUT2D eigenvalue weighted by molar-refractivity contribution is 5.85. The zero-order valence-corrected chi connectivity index (χ0v) is 19.7. The van der Waals surface area contributed by atoms with Gasteiger partial charge < -0.3 is 20.1 Å². The van der Waals surface area contributed by atoms with Crippen molar-refractivity contribution in [1.82, 2.24) is 10.2 Å². The second kappa shape index (κ2) is 12.4. The highest BCUT2D eigenvalue weighted by atomic mass is 35.5. The second-order valence-electron chi connectivity index (χ2n) is 7.22. The lowest BCUT2D eigenvalue weighted by molar-refractivity contribution is -0.274. The first kappa shape index (κ1) is 28.2. The molecule has 0 spiro atoms. The molecule has 180 valence electrons. The molecule has 5 nitrogen and oxygen atoms in total. The molecule has 0 aliphatic carbocycles. The molecule has 0 unspecified atom stereocenters. The molecule has 0 amide bonds. The maximum absolute atomic E-state index is 12.5. The van der Waals surface area contributed by atoms with Gasteiger partial charge >= 0.3 is 6.36 Å². The molecule has 0 aromatic heterocycles. The first-order chi connectivity index (χ1) is 14.3. The average molecular weight is 496 g/mol. The molecule has 2 aromatic rings. The van der Waals surface area contributed by atoms with E-state index in [0.717, 1.165) is 56.1 Å². The Kier molecular flexibility index (Phi) is 10.9. The molecule has 0 saturated carbocycles. The number of ether oxygens (including phenoxy) is 1. The molecule has 0 radical (unpaired) electrons. The van der Waals surface area contributed by atoms with Crippen LogP contribution in [-0.4, -0.2) is 55.6 Å². The molecule has 1 aliphatic rings. The number of alkyl halides is 3. The number of nitrogens with one attached hydrogen (secondary N) is 1. The molecule has 32 heavy (non-hydrogen) atoms. The van der Waals surface area contributed by atoms with Crippen molar-refractivity contribution >= 4 is 30.5 Å². The van der Waals surface area contributed by atoms with Crippen molar-refractivity contribution in [3.63, 3.8) is 0 Å². The Bertz CT molecular complexity index is 828. The van der Waals surface area contributed by atoms with E-state index < -0.39 is 6.36 Å². The molecule has 1 aliphatic heterocycles. The highest BCUT2D eigenvalue weighted by Gasteiger charge is 2.31. The van der Waals surface area contributed by atoms with Crippen molar-refractivity contribution in [3.8, 4) is 11.5 Å². The van der Waals surface area contributed by atoms with Crippen molar-refractivity contribution in [2.24, 2.45) is 0 Å². The summed E-state index contributed by atoms with van der Waals surface area (Å²) in [5, 5.41) is 14.2. The van der Waals surface area contributed by atoms with Crippen LogP contribution in [-0.2, 0) is 0 Å². The number of phenols is 1. The number of hydrogen-bond donors (Lipinski definition) is 2. The van der Waals surface area contributed by atoms with E-state index in [9.17, 15) is 18.3 Å². The maximum atomic E-state index is 12.5. The predicted molar refractivity (Wildman–Crippen MR) is 126 cm³/mol. The van der Waals surface area contributed by atoms with Crippen molar-refractivity contribution in [3.05, 3.63) is 53.6 Å². The smallest absolute Gasteiger partial charge is 0.508 e. The molecule has 2 N–H and O–H groups in total. The first-order valence-corrected chi connectivity index (χ1v) is 10.2. The number of anilines is 1. The Morgan fingerprint density at radius 3 is 2.12 bits per heavy atom. The van der Waals surface area contributed by atoms with Gasteiger partial charge in [0.25, 0.3) is 0 Å². The van der Waals surface area contributed by atoms with Gasteiger partial charge in [0.05, 0.1) is 6.04 Å². The summed E-state index contributed by atoms with van der Waals surface area (Å²) in [7, 11) is 0. The number of hydrogen-bond acceptors (Lipinski definition) is 5. The van der Waals surface area contributed by atoms with Crippen molar-refractivity contribution in [1.29, 1.82) is 0 Å². The van der Waals surface area contributed by atoms with Gasteiger partial charge in [0.1, 0.15) is 11.5 Å². The fraction of sp³-hybridized carbons (Fsp3) is 0.455. The van der Waals surface area contributed by atoms with Gasteiger partial charge in [0, 0.05) is 56.6 Å². The van der Waals surface area contributed by atoms with Gasteiger partial charge in [-0.3, -0.25) is 4.90 Å². The van der Waals surface area contributed by atoms with Gasteiger partial charge in [-0.2, -0.15) is 0 Å². The Balaban J connectivity index is 0.00000256. The van der Waals surface area contributed by atoms with E-state index in [-0.39, 0.29) is 42.4 Å². The normalized spacial score (nSPS) is 15.3. The van der Waals surface area contributed by atoms with Crippen LogP contribution in [0, 0.1) is 0 Å². The van der Waals surface area contributed by atoms with Crippen molar-refractivity contribution in [2.45, 2.75) is 26.3 Å². The predicted octanol–water partition coefficient (Wildman–Crippen LogP) is 4.98. The standard InChI is InChI=1S/C22H28F3N3O2.2ClH/c1-3-27(4-2)17-7-10-19(20(29)15-17)21(28-13-11-26-12-14-28)16-5-8-18(9-6-16)30-22(23,24)25;;/h5-10,15,21,26,29H,3-4,11-14H2,1-2H3;2*1H/t21-;;/m0../s1. The minimum absolute atomic E-state index is 0. The quantitative estimate of drug-likeness (QED) is 0.567. The number of aromatic hydroxyl groups is 1. The van der Waals surface area contributed by atoms with Crippen LogP contribution in [0.3, 0.4) is 0 Å². The van der Waals surface area contributed by atoms with Crippen LogP contribution in [0.4, 0.5) is 18.9 Å². The van der Waals surface area contributed by atoms with Crippen LogP contribution in [0.25, 0.3) is 0 Å². The highest BCUT2D eigenvalue weighted by Crippen LogP contribution is 2.37. The number of rotatable bonds is 7. The first-order valence-electron chi connectivity index (χ1n) is 10.2. The van der Waals surface area contributed by atoms with Crippen LogP contribution in [0.2, 0.25) is 0 Å². The van der Waals surface area contributed by atoms with E-state index in [1.54, 1.807) is 18.2 Å². The number of benzene rings is 2. The topological polar surface area (TPSA) is 48.0 Å². The second-order valence-corrected chi connectivity index (χ2v) is 7.22. The summed E-state index contributed by atoms with van der Waals surface area (Å²) in [6.07, 6.45) is -4.72. The molecule has 2 aromatic carbocycles. The monoisotopic (exact) mass is 495 g/mol. The lowest BCUT2D eigenvalue weighted by Gasteiger charge is -2.36. The molecule has 1 fully saturated rings. The van der Waals surface area contributed by atoms with Gasteiger partial charge in [-0.15, -0.1) is 38.0 Å². The molecule has 1 heterocycles. The van der Waals surface area contributed by atoms with E-state index >= 15 is 0 Å². The van der Waals surface area contributed by atoms with E-state index in [1.807, 2.05) is 12.1 Å². The van der Waals surface area contributed by atoms with Crippen LogP contribution < -0.4 is 15.0 Å². The summed E-state index contributed by atoms with van der Waals surface area (Å²) < 4.78 is 41.5. The molecule has 3 rings (SSSR count). The summed E-state index contributed by atoms with van der Waals surface area (Å²) in [5.74, 6) is -0.0787. The van der Waals surface area contributed by atoms with Gasteiger partial charge in [0.15, 0.2) is 0 Å². The lowest BCUT2D eigenvalue weighted by Crippen LogP contribution is -2.45. The molecule has 0 bridgehead atoms. The van der Waals surface area contributed by atoms with Crippen LogP contribution in [0.1, 0.15) is 31.0 Å². The molecule has 1 atom stereocenters. The minimum Gasteiger partial charge on any atom is -0.508 e. The lowest BCUT2D eigenvalue weighted by atomic mass is 9.95. The zero-order chi connectivity index (χ0) is 21.7. The Labute approximate surface area is 199 Å². The van der Waals surface area contributed by atoms with Crippen LogP contribution >= 0.6 is 24.8 Å². The fourth-order valence-corrected chi connectivity index (χ4v) is 3.93. The largest absolute Gasteiger partial charge is 0.573 e. The summed E-state index contributed by atoms with van der Waals surface area (Å²) in [5.41, 5.74) is 2.48. The van der Waals surface area contributed by atoms with Gasteiger partial charge in [0.2, 0.25) is 0 Å². The van der Waals surface area contributed by atoms with E-state index in [0.29, 0.717) is 0 Å². The van der Waals surface area contributed by atoms with Crippen LogP contribution in [0.5, 0.6) is 11.5 Å².